The number of aryl methyl sites for hydroxylation is 1. The second kappa shape index (κ2) is 9.35. The van der Waals surface area contributed by atoms with Crippen molar-refractivity contribution in [3.63, 3.8) is 0 Å². The van der Waals surface area contributed by atoms with Crippen LogP contribution >= 0.6 is 0 Å². The van der Waals surface area contributed by atoms with Crippen molar-refractivity contribution < 1.29 is 28.5 Å². The summed E-state index contributed by atoms with van der Waals surface area (Å²) >= 11 is 0. The van der Waals surface area contributed by atoms with E-state index >= 15 is 0 Å². The minimum absolute atomic E-state index is 0.0454. The zero-order valence-electron chi connectivity index (χ0n) is 18.0. The number of aromatic hydroxyl groups is 1. The lowest BCUT2D eigenvalue weighted by Crippen LogP contribution is -2.20. The van der Waals surface area contributed by atoms with Crippen LogP contribution in [0.25, 0.3) is 11.0 Å². The summed E-state index contributed by atoms with van der Waals surface area (Å²) in [5, 5.41) is 12.4. The highest BCUT2D eigenvalue weighted by atomic mass is 16.5. The predicted octanol–water partition coefficient (Wildman–Crippen LogP) is 4.63. The van der Waals surface area contributed by atoms with Crippen LogP contribution in [-0.4, -0.2) is 24.7 Å². The number of anilines is 1. The highest BCUT2D eigenvalue weighted by Gasteiger charge is 2.15. The van der Waals surface area contributed by atoms with Crippen LogP contribution in [0, 0.1) is 6.92 Å². The Kier molecular flexibility index (Phi) is 6.17. The molecule has 1 heterocycles. The number of hydrogen-bond acceptors (Lipinski definition) is 7. The normalized spacial score (nSPS) is 10.6. The van der Waals surface area contributed by atoms with Gasteiger partial charge in [0.25, 0.3) is 5.91 Å². The van der Waals surface area contributed by atoms with Crippen molar-refractivity contribution in [1.82, 2.24) is 0 Å². The first kappa shape index (κ1) is 21.8. The molecule has 2 N–H and O–H groups in total. The first-order valence-electron chi connectivity index (χ1n) is 10.0. The van der Waals surface area contributed by atoms with Crippen molar-refractivity contribution in [3.8, 4) is 28.7 Å². The lowest BCUT2D eigenvalue weighted by Gasteiger charge is -2.11. The number of carbonyl (C=O) groups excluding carboxylic acids is 1. The molecule has 0 atom stereocenters. The number of amides is 1. The van der Waals surface area contributed by atoms with Gasteiger partial charge in [0.1, 0.15) is 34.3 Å². The molecule has 0 bridgehead atoms. The van der Waals surface area contributed by atoms with E-state index in [0.717, 1.165) is 0 Å². The molecule has 0 unspecified atom stereocenters. The molecule has 0 saturated heterocycles. The number of nitrogens with one attached hydrogen (secondary N) is 1. The number of benzene rings is 3. The van der Waals surface area contributed by atoms with Crippen LogP contribution in [0.2, 0.25) is 0 Å². The summed E-state index contributed by atoms with van der Waals surface area (Å²) in [6.45, 7) is 1.37. The fraction of sp³-hybridized carbons (Fsp3) is 0.120. The number of fused-ring (bicyclic) bond motifs is 1. The van der Waals surface area contributed by atoms with E-state index < -0.39 is 5.91 Å². The maximum atomic E-state index is 12.9. The van der Waals surface area contributed by atoms with Gasteiger partial charge in [0, 0.05) is 17.8 Å². The monoisotopic (exact) mass is 447 g/mol. The van der Waals surface area contributed by atoms with E-state index in [1.54, 1.807) is 68.6 Å². The van der Waals surface area contributed by atoms with E-state index in [4.69, 9.17) is 18.6 Å². The largest absolute Gasteiger partial charge is 0.508 e. The molecule has 8 heteroatoms. The molecule has 3 aromatic carbocycles. The summed E-state index contributed by atoms with van der Waals surface area (Å²) < 4.78 is 22.2. The first-order valence-corrected chi connectivity index (χ1v) is 10.0. The molecule has 4 rings (SSSR count). The molecule has 1 aromatic heterocycles. The highest BCUT2D eigenvalue weighted by Crippen LogP contribution is 2.28. The van der Waals surface area contributed by atoms with Gasteiger partial charge in [-0.3, -0.25) is 9.59 Å². The van der Waals surface area contributed by atoms with Crippen LogP contribution in [0.4, 0.5) is 5.69 Å². The maximum Gasteiger partial charge on any atom is 0.262 e. The van der Waals surface area contributed by atoms with Crippen molar-refractivity contribution in [1.29, 1.82) is 0 Å². The number of hydrogen-bond donors (Lipinski definition) is 2. The van der Waals surface area contributed by atoms with Gasteiger partial charge in [0.2, 0.25) is 11.2 Å². The first-order chi connectivity index (χ1) is 15.9. The van der Waals surface area contributed by atoms with Gasteiger partial charge in [-0.1, -0.05) is 6.07 Å². The van der Waals surface area contributed by atoms with Gasteiger partial charge in [-0.2, -0.15) is 0 Å². The summed E-state index contributed by atoms with van der Waals surface area (Å²) in [7, 11) is 1.57. The standard InChI is InChI=1S/C25H21NO7/c1-15-25(33-19-8-6-18(30-2)7-9-19)24(29)21-11-10-20(13-22(21)32-15)31-14-23(28)26-16-4-3-5-17(27)12-16/h3-13,27H,14H2,1-2H3,(H,26,28). The van der Waals surface area contributed by atoms with Crippen molar-refractivity contribution >= 4 is 22.6 Å². The van der Waals surface area contributed by atoms with Crippen molar-refractivity contribution in [3.05, 3.63) is 82.7 Å². The number of rotatable bonds is 7. The number of phenols is 1. The Hall–Kier alpha value is -4.46. The van der Waals surface area contributed by atoms with Crippen LogP contribution in [0.3, 0.4) is 0 Å². The Bertz CT molecular complexity index is 1360. The molecule has 0 aliphatic carbocycles. The number of carbonyl (C=O) groups is 1. The van der Waals surface area contributed by atoms with Crippen LogP contribution in [-0.2, 0) is 4.79 Å². The fourth-order valence-corrected chi connectivity index (χ4v) is 3.17. The van der Waals surface area contributed by atoms with Crippen molar-refractivity contribution in [2.45, 2.75) is 6.92 Å². The Balaban J connectivity index is 1.49. The van der Waals surface area contributed by atoms with Crippen LogP contribution in [0.5, 0.6) is 28.7 Å². The lowest BCUT2D eigenvalue weighted by molar-refractivity contribution is -0.118. The number of phenolic OH excluding ortho intramolecular Hbond substituents is 1. The minimum Gasteiger partial charge on any atom is -0.508 e. The predicted molar refractivity (Wildman–Crippen MR) is 123 cm³/mol. The Morgan fingerprint density at radius 2 is 1.73 bits per heavy atom. The third-order valence-corrected chi connectivity index (χ3v) is 4.77. The van der Waals surface area contributed by atoms with Crippen LogP contribution in [0.15, 0.2) is 75.9 Å². The Labute approximate surface area is 188 Å². The van der Waals surface area contributed by atoms with Crippen LogP contribution in [0.1, 0.15) is 5.76 Å². The molecule has 0 aliphatic rings. The van der Waals surface area contributed by atoms with E-state index in [1.165, 1.54) is 12.1 Å². The molecule has 33 heavy (non-hydrogen) atoms. The highest BCUT2D eigenvalue weighted by molar-refractivity contribution is 5.92. The van der Waals surface area contributed by atoms with Crippen molar-refractivity contribution in [2.24, 2.45) is 0 Å². The minimum atomic E-state index is -0.401. The Morgan fingerprint density at radius 3 is 2.45 bits per heavy atom. The Morgan fingerprint density at radius 1 is 1.00 bits per heavy atom. The molecular weight excluding hydrogens is 426 g/mol. The molecule has 1 amide bonds. The average Bonchev–Trinajstić information content (AvgIpc) is 2.80. The second-order valence-corrected chi connectivity index (χ2v) is 7.14. The summed E-state index contributed by atoms with van der Waals surface area (Å²) in [6, 6.07) is 17.7. The summed E-state index contributed by atoms with van der Waals surface area (Å²) in [5.74, 6) is 1.55. The topological polar surface area (TPSA) is 107 Å². The van der Waals surface area contributed by atoms with E-state index in [-0.39, 0.29) is 23.5 Å². The van der Waals surface area contributed by atoms with Crippen molar-refractivity contribution in [2.75, 3.05) is 19.0 Å². The number of ether oxygens (including phenoxy) is 3. The van der Waals surface area contributed by atoms with E-state index in [2.05, 4.69) is 5.32 Å². The quantitative estimate of drug-likeness (QED) is 0.425. The van der Waals surface area contributed by atoms with Gasteiger partial charge < -0.3 is 29.1 Å². The molecule has 0 radical (unpaired) electrons. The van der Waals surface area contributed by atoms with Gasteiger partial charge in [-0.05, 0) is 55.5 Å². The summed E-state index contributed by atoms with van der Waals surface area (Å²) in [5.41, 5.74) is 0.441. The molecular formula is C25H21NO7. The van der Waals surface area contributed by atoms with E-state index in [0.29, 0.717) is 39.7 Å². The molecule has 0 fully saturated rings. The molecule has 168 valence electrons. The fourth-order valence-electron chi connectivity index (χ4n) is 3.17. The van der Waals surface area contributed by atoms with Gasteiger partial charge >= 0.3 is 0 Å². The SMILES string of the molecule is COc1ccc(Oc2c(C)oc3cc(OCC(=O)Nc4cccc(O)c4)ccc3c2=O)cc1. The van der Waals surface area contributed by atoms with Gasteiger partial charge in [0.05, 0.1) is 12.5 Å². The van der Waals surface area contributed by atoms with Gasteiger partial charge in [-0.15, -0.1) is 0 Å². The number of methoxy groups -OCH3 is 1. The average molecular weight is 447 g/mol. The molecule has 4 aromatic rings. The maximum absolute atomic E-state index is 12.9. The molecule has 0 spiro atoms. The lowest BCUT2D eigenvalue weighted by atomic mass is 10.2. The summed E-state index contributed by atoms with van der Waals surface area (Å²) in [4.78, 5) is 25.1. The van der Waals surface area contributed by atoms with Crippen LogP contribution < -0.4 is 25.0 Å². The van der Waals surface area contributed by atoms with Gasteiger partial charge in [-0.25, -0.2) is 0 Å². The third kappa shape index (κ3) is 5.07. The third-order valence-electron chi connectivity index (χ3n) is 4.77. The molecule has 8 nitrogen and oxygen atoms in total. The zero-order valence-corrected chi connectivity index (χ0v) is 18.0. The molecule has 0 saturated carbocycles. The van der Waals surface area contributed by atoms with E-state index in [9.17, 15) is 14.7 Å². The zero-order chi connectivity index (χ0) is 23.4. The van der Waals surface area contributed by atoms with E-state index in [1.807, 2.05) is 0 Å². The second-order valence-electron chi connectivity index (χ2n) is 7.14. The smallest absolute Gasteiger partial charge is 0.262 e. The molecule has 0 aliphatic heterocycles. The summed E-state index contributed by atoms with van der Waals surface area (Å²) in [6.07, 6.45) is 0. The van der Waals surface area contributed by atoms with Gasteiger partial charge in [0.15, 0.2) is 6.61 Å².